The first kappa shape index (κ1) is 25.1. The first-order valence-electron chi connectivity index (χ1n) is 11.9. The SMILES string of the molecule is COC(=O)[C@H]1CCC[C@H](Oc2ncc(-c3nnn(C)c3CNC(=O)OCc3ccccc3)nc2C)C1. The molecule has 1 aliphatic carbocycles. The quantitative estimate of drug-likeness (QED) is 0.469. The minimum atomic E-state index is -0.547. The van der Waals surface area contributed by atoms with Gasteiger partial charge in [-0.3, -0.25) is 4.79 Å². The van der Waals surface area contributed by atoms with Gasteiger partial charge in [0.05, 0.1) is 31.5 Å². The zero-order valence-electron chi connectivity index (χ0n) is 20.6. The number of methoxy groups -OCH3 is 1. The predicted molar refractivity (Wildman–Crippen MR) is 129 cm³/mol. The number of benzene rings is 1. The molecule has 0 spiro atoms. The van der Waals surface area contributed by atoms with Crippen molar-refractivity contribution in [3.05, 3.63) is 53.5 Å². The molecule has 1 fully saturated rings. The molecule has 0 bridgehead atoms. The molecule has 4 rings (SSSR count). The van der Waals surface area contributed by atoms with Crippen molar-refractivity contribution in [2.45, 2.75) is 51.9 Å². The molecule has 1 aromatic carbocycles. The fourth-order valence-electron chi connectivity index (χ4n) is 4.19. The molecule has 2 atom stereocenters. The van der Waals surface area contributed by atoms with Gasteiger partial charge in [0.2, 0.25) is 5.88 Å². The maximum Gasteiger partial charge on any atom is 0.407 e. The predicted octanol–water partition coefficient (Wildman–Crippen LogP) is 3.12. The van der Waals surface area contributed by atoms with E-state index in [1.54, 1.807) is 17.9 Å². The monoisotopic (exact) mass is 494 g/mol. The molecule has 1 aliphatic rings. The van der Waals surface area contributed by atoms with Gasteiger partial charge in [0, 0.05) is 7.05 Å². The van der Waals surface area contributed by atoms with Crippen LogP contribution in [0.3, 0.4) is 0 Å². The normalized spacial score (nSPS) is 17.3. The second-order valence-electron chi connectivity index (χ2n) is 8.70. The van der Waals surface area contributed by atoms with Crippen molar-refractivity contribution in [1.82, 2.24) is 30.3 Å². The summed E-state index contributed by atoms with van der Waals surface area (Å²) in [7, 11) is 3.15. The molecule has 1 saturated carbocycles. The highest BCUT2D eigenvalue weighted by Crippen LogP contribution is 2.29. The number of nitrogens with one attached hydrogen (secondary N) is 1. The van der Waals surface area contributed by atoms with Gasteiger partial charge in [0.1, 0.15) is 29.8 Å². The van der Waals surface area contributed by atoms with E-state index in [9.17, 15) is 9.59 Å². The molecular weight excluding hydrogens is 464 g/mol. The molecule has 3 aromatic rings. The van der Waals surface area contributed by atoms with Gasteiger partial charge in [0.25, 0.3) is 0 Å². The Kier molecular flexibility index (Phi) is 8.09. The van der Waals surface area contributed by atoms with Crippen LogP contribution in [0.4, 0.5) is 4.79 Å². The molecule has 2 aromatic heterocycles. The largest absolute Gasteiger partial charge is 0.473 e. The van der Waals surface area contributed by atoms with Gasteiger partial charge in [-0.05, 0) is 38.2 Å². The van der Waals surface area contributed by atoms with Gasteiger partial charge in [-0.15, -0.1) is 5.10 Å². The maximum atomic E-state index is 12.2. The Labute approximate surface area is 209 Å². The summed E-state index contributed by atoms with van der Waals surface area (Å²) in [5.74, 6) is 0.0619. The highest BCUT2D eigenvalue weighted by molar-refractivity contribution is 5.72. The van der Waals surface area contributed by atoms with Crippen LogP contribution in [0.15, 0.2) is 36.5 Å². The van der Waals surface area contributed by atoms with E-state index in [4.69, 9.17) is 14.2 Å². The van der Waals surface area contributed by atoms with E-state index in [0.717, 1.165) is 24.8 Å². The van der Waals surface area contributed by atoms with E-state index in [1.807, 2.05) is 37.3 Å². The number of carbonyl (C=O) groups is 2. The number of esters is 1. The molecule has 0 unspecified atom stereocenters. The third kappa shape index (κ3) is 6.15. The van der Waals surface area contributed by atoms with Crippen LogP contribution in [0.1, 0.15) is 42.6 Å². The minimum Gasteiger partial charge on any atom is -0.473 e. The second-order valence-corrected chi connectivity index (χ2v) is 8.70. The third-order valence-electron chi connectivity index (χ3n) is 6.14. The van der Waals surface area contributed by atoms with Crippen LogP contribution >= 0.6 is 0 Å². The van der Waals surface area contributed by atoms with Gasteiger partial charge in [-0.25, -0.2) is 19.4 Å². The van der Waals surface area contributed by atoms with Crippen LogP contribution in [-0.4, -0.2) is 50.2 Å². The zero-order valence-corrected chi connectivity index (χ0v) is 20.6. The Hall–Kier alpha value is -4.02. The van der Waals surface area contributed by atoms with Crippen molar-refractivity contribution in [2.75, 3.05) is 7.11 Å². The van der Waals surface area contributed by atoms with E-state index >= 15 is 0 Å². The molecule has 11 heteroatoms. The fourth-order valence-corrected chi connectivity index (χ4v) is 4.19. The Balaban J connectivity index is 1.38. The van der Waals surface area contributed by atoms with Crippen molar-refractivity contribution in [3.8, 4) is 17.3 Å². The Morgan fingerprint density at radius 1 is 1.19 bits per heavy atom. The number of aryl methyl sites for hydroxylation is 2. The third-order valence-corrected chi connectivity index (χ3v) is 6.14. The van der Waals surface area contributed by atoms with Crippen LogP contribution in [-0.2, 0) is 34.5 Å². The number of hydrogen-bond acceptors (Lipinski definition) is 9. The number of aromatic nitrogens is 5. The molecule has 36 heavy (non-hydrogen) atoms. The lowest BCUT2D eigenvalue weighted by molar-refractivity contribution is -0.147. The lowest BCUT2D eigenvalue weighted by Crippen LogP contribution is -2.30. The first-order valence-corrected chi connectivity index (χ1v) is 11.9. The van der Waals surface area contributed by atoms with Crippen LogP contribution < -0.4 is 10.1 Å². The molecule has 190 valence electrons. The van der Waals surface area contributed by atoms with E-state index in [1.165, 1.54) is 7.11 Å². The molecule has 0 saturated heterocycles. The summed E-state index contributed by atoms with van der Waals surface area (Å²) in [5, 5.41) is 11.0. The summed E-state index contributed by atoms with van der Waals surface area (Å²) < 4.78 is 17.8. The van der Waals surface area contributed by atoms with Crippen LogP contribution in [0.5, 0.6) is 5.88 Å². The van der Waals surface area contributed by atoms with Crippen molar-refractivity contribution in [3.63, 3.8) is 0 Å². The van der Waals surface area contributed by atoms with Crippen LogP contribution in [0, 0.1) is 12.8 Å². The molecule has 1 N–H and O–H groups in total. The highest BCUT2D eigenvalue weighted by Gasteiger charge is 2.30. The Morgan fingerprint density at radius 2 is 2.00 bits per heavy atom. The maximum absolute atomic E-state index is 12.2. The van der Waals surface area contributed by atoms with E-state index in [-0.39, 0.29) is 31.1 Å². The summed E-state index contributed by atoms with van der Waals surface area (Å²) in [6.07, 6.45) is 4.03. The van der Waals surface area contributed by atoms with Gasteiger partial charge in [0.15, 0.2) is 0 Å². The van der Waals surface area contributed by atoms with Crippen molar-refractivity contribution in [2.24, 2.45) is 13.0 Å². The molecule has 2 heterocycles. The summed E-state index contributed by atoms with van der Waals surface area (Å²) >= 11 is 0. The second kappa shape index (κ2) is 11.6. The molecule has 1 amide bonds. The number of alkyl carbamates (subject to hydrolysis) is 1. The lowest BCUT2D eigenvalue weighted by Gasteiger charge is -2.27. The average molecular weight is 495 g/mol. The van der Waals surface area contributed by atoms with Gasteiger partial charge in [-0.1, -0.05) is 35.5 Å². The Bertz CT molecular complexity index is 1200. The number of ether oxygens (including phenoxy) is 3. The Morgan fingerprint density at radius 3 is 2.75 bits per heavy atom. The smallest absolute Gasteiger partial charge is 0.407 e. The number of rotatable bonds is 8. The number of carbonyl (C=O) groups excluding carboxylic acids is 2. The highest BCUT2D eigenvalue weighted by atomic mass is 16.5. The minimum absolute atomic E-state index is 0.125. The van der Waals surface area contributed by atoms with Gasteiger partial charge in [-0.2, -0.15) is 0 Å². The number of nitrogens with zero attached hydrogens (tertiary/aromatic N) is 5. The summed E-state index contributed by atoms with van der Waals surface area (Å²) in [6, 6.07) is 9.45. The van der Waals surface area contributed by atoms with Crippen molar-refractivity contribution in [1.29, 1.82) is 0 Å². The van der Waals surface area contributed by atoms with E-state index < -0.39 is 6.09 Å². The first-order chi connectivity index (χ1) is 17.4. The van der Waals surface area contributed by atoms with E-state index in [2.05, 4.69) is 25.6 Å². The summed E-state index contributed by atoms with van der Waals surface area (Å²) in [6.45, 7) is 2.14. The number of hydrogen-bond donors (Lipinski definition) is 1. The molecule has 11 nitrogen and oxygen atoms in total. The van der Waals surface area contributed by atoms with Crippen LogP contribution in [0.2, 0.25) is 0 Å². The zero-order chi connectivity index (χ0) is 25.5. The topological polar surface area (TPSA) is 130 Å². The average Bonchev–Trinajstić information content (AvgIpc) is 3.27. The molecule has 0 radical (unpaired) electrons. The fraction of sp³-hybridized carbons (Fsp3) is 0.440. The standard InChI is InChI=1S/C25H30N6O5/c1-16-23(36-19-11-7-10-18(12-19)24(32)34-3)26-13-20(28-16)22-21(31(2)30-29-22)14-27-25(33)35-15-17-8-5-4-6-9-17/h4-6,8-9,13,18-19H,7,10-12,14-15H2,1-3H3,(H,27,33)/t18-,19-/m0/s1. The van der Waals surface area contributed by atoms with Crippen molar-refractivity contribution >= 4 is 12.1 Å². The lowest BCUT2D eigenvalue weighted by atomic mass is 9.87. The molecular formula is C25H30N6O5. The van der Waals surface area contributed by atoms with Gasteiger partial charge >= 0.3 is 12.1 Å². The number of amides is 1. The van der Waals surface area contributed by atoms with E-state index in [0.29, 0.717) is 35.1 Å². The summed E-state index contributed by atoms with van der Waals surface area (Å²) in [5.41, 5.74) is 3.17. The molecule has 0 aliphatic heterocycles. The van der Waals surface area contributed by atoms with Crippen LogP contribution in [0.25, 0.3) is 11.4 Å². The van der Waals surface area contributed by atoms with Crippen molar-refractivity contribution < 1.29 is 23.8 Å². The van der Waals surface area contributed by atoms with Gasteiger partial charge < -0.3 is 19.5 Å². The summed E-state index contributed by atoms with van der Waals surface area (Å²) in [4.78, 5) is 33.2.